The van der Waals surface area contributed by atoms with Gasteiger partial charge in [0.1, 0.15) is 0 Å². The second-order valence-corrected chi connectivity index (χ2v) is 7.02. The summed E-state index contributed by atoms with van der Waals surface area (Å²) in [6.07, 6.45) is 11.4. The van der Waals surface area contributed by atoms with Crippen molar-refractivity contribution in [2.24, 2.45) is 5.92 Å². The molecule has 0 aliphatic heterocycles. The summed E-state index contributed by atoms with van der Waals surface area (Å²) in [5, 5.41) is 13.0. The van der Waals surface area contributed by atoms with Crippen molar-refractivity contribution >= 4 is 0 Å². The Morgan fingerprint density at radius 1 is 1.04 bits per heavy atom. The first-order valence-electron chi connectivity index (χ1n) is 9.07. The van der Waals surface area contributed by atoms with E-state index in [0.717, 1.165) is 30.5 Å². The van der Waals surface area contributed by atoms with Crippen molar-refractivity contribution < 1.29 is 0 Å². The molecule has 1 N–H and O–H groups in total. The summed E-state index contributed by atoms with van der Waals surface area (Å²) in [6.45, 7) is 0.739. The molecule has 0 aromatic heterocycles. The van der Waals surface area contributed by atoms with Gasteiger partial charge >= 0.3 is 0 Å². The van der Waals surface area contributed by atoms with Crippen LogP contribution in [0, 0.1) is 29.1 Å². The van der Waals surface area contributed by atoms with E-state index in [1.54, 1.807) is 0 Å². The maximum atomic E-state index is 9.26. The average Bonchev–Trinajstić information content (AvgIpc) is 3.13. The first-order chi connectivity index (χ1) is 11.3. The molecule has 2 saturated carbocycles. The molecule has 2 nitrogen and oxygen atoms in total. The van der Waals surface area contributed by atoms with E-state index in [0.29, 0.717) is 5.92 Å². The molecule has 0 atom stereocenters. The van der Waals surface area contributed by atoms with E-state index in [9.17, 15) is 5.26 Å². The maximum absolute atomic E-state index is 9.26. The second-order valence-electron chi connectivity index (χ2n) is 7.02. The Labute approximate surface area is 140 Å². The standard InChI is InChI=1S/C21H26N2/c22-16-19-10-4-5-11-20(19)17-23-21(13-6-1-7-14-21)15-12-18-8-2-3-9-18/h4-5,10-11,18,23H,1-3,6-9,13-14,17H2. The highest BCUT2D eigenvalue weighted by molar-refractivity contribution is 5.37. The van der Waals surface area contributed by atoms with Crippen molar-refractivity contribution in [2.45, 2.75) is 69.9 Å². The lowest BCUT2D eigenvalue weighted by molar-refractivity contribution is 0.298. The van der Waals surface area contributed by atoms with Crippen LogP contribution < -0.4 is 5.32 Å². The first kappa shape index (κ1) is 16.1. The molecule has 0 unspecified atom stereocenters. The minimum absolute atomic E-state index is 0.0383. The van der Waals surface area contributed by atoms with Gasteiger partial charge in [-0.15, -0.1) is 0 Å². The average molecular weight is 306 g/mol. The van der Waals surface area contributed by atoms with E-state index in [-0.39, 0.29) is 5.54 Å². The number of hydrogen-bond acceptors (Lipinski definition) is 2. The van der Waals surface area contributed by atoms with Gasteiger partial charge in [0.2, 0.25) is 0 Å². The van der Waals surface area contributed by atoms with Crippen molar-refractivity contribution in [3.05, 3.63) is 35.4 Å². The topological polar surface area (TPSA) is 35.8 Å². The molecule has 120 valence electrons. The Balaban J connectivity index is 1.72. The Kier molecular flexibility index (Phi) is 5.37. The number of nitrogens with one attached hydrogen (secondary N) is 1. The Morgan fingerprint density at radius 3 is 2.52 bits per heavy atom. The Morgan fingerprint density at radius 2 is 1.78 bits per heavy atom. The highest BCUT2D eigenvalue weighted by Crippen LogP contribution is 2.30. The molecule has 2 heteroatoms. The lowest BCUT2D eigenvalue weighted by atomic mass is 9.81. The van der Waals surface area contributed by atoms with Crippen LogP contribution in [0.5, 0.6) is 0 Å². The predicted molar refractivity (Wildman–Crippen MR) is 93.5 cm³/mol. The fourth-order valence-electron chi connectivity index (χ4n) is 3.86. The summed E-state index contributed by atoms with van der Waals surface area (Å²) in [7, 11) is 0. The highest BCUT2D eigenvalue weighted by Gasteiger charge is 2.30. The van der Waals surface area contributed by atoms with Gasteiger partial charge in [0.05, 0.1) is 17.2 Å². The smallest absolute Gasteiger partial charge is 0.0995 e. The van der Waals surface area contributed by atoms with Crippen molar-refractivity contribution in [2.75, 3.05) is 0 Å². The SMILES string of the molecule is N#Cc1ccccc1CNC1(C#CC2CCCC2)CCCCC1. The Bertz CT molecular complexity index is 617. The van der Waals surface area contributed by atoms with Crippen molar-refractivity contribution in [3.8, 4) is 17.9 Å². The van der Waals surface area contributed by atoms with Gasteiger partial charge in [-0.25, -0.2) is 0 Å². The normalized spacial score (nSPS) is 20.5. The predicted octanol–water partition coefficient (Wildman–Crippen LogP) is 4.54. The molecule has 1 aromatic carbocycles. The number of nitriles is 1. The lowest BCUT2D eigenvalue weighted by Gasteiger charge is -2.34. The molecular weight excluding hydrogens is 280 g/mol. The molecule has 0 bridgehead atoms. The van der Waals surface area contributed by atoms with Gasteiger partial charge in [0.25, 0.3) is 0 Å². The van der Waals surface area contributed by atoms with Crippen LogP contribution in [0.2, 0.25) is 0 Å². The van der Waals surface area contributed by atoms with Gasteiger partial charge in [-0.1, -0.05) is 62.1 Å². The summed E-state index contributed by atoms with van der Waals surface area (Å²) >= 11 is 0. The van der Waals surface area contributed by atoms with Gasteiger partial charge in [0.15, 0.2) is 0 Å². The van der Waals surface area contributed by atoms with Gasteiger partial charge in [-0.05, 0) is 37.3 Å². The van der Waals surface area contributed by atoms with Crippen LogP contribution in [0.3, 0.4) is 0 Å². The summed E-state index contributed by atoms with van der Waals surface area (Å²) in [6, 6.07) is 10.2. The molecule has 0 radical (unpaired) electrons. The van der Waals surface area contributed by atoms with E-state index in [1.165, 1.54) is 44.9 Å². The maximum Gasteiger partial charge on any atom is 0.0995 e. The minimum atomic E-state index is -0.0383. The van der Waals surface area contributed by atoms with Crippen LogP contribution in [0.25, 0.3) is 0 Å². The summed E-state index contributed by atoms with van der Waals surface area (Å²) < 4.78 is 0. The van der Waals surface area contributed by atoms with Crippen molar-refractivity contribution in [3.63, 3.8) is 0 Å². The van der Waals surface area contributed by atoms with Crippen LogP contribution >= 0.6 is 0 Å². The monoisotopic (exact) mass is 306 g/mol. The fraction of sp³-hybridized carbons (Fsp3) is 0.571. The molecule has 2 fully saturated rings. The second kappa shape index (κ2) is 7.67. The zero-order valence-corrected chi connectivity index (χ0v) is 13.9. The molecule has 0 saturated heterocycles. The van der Waals surface area contributed by atoms with Gasteiger partial charge in [-0.3, -0.25) is 5.32 Å². The zero-order chi connectivity index (χ0) is 16.0. The third-order valence-corrected chi connectivity index (χ3v) is 5.33. The van der Waals surface area contributed by atoms with E-state index >= 15 is 0 Å². The third-order valence-electron chi connectivity index (χ3n) is 5.33. The van der Waals surface area contributed by atoms with Crippen LogP contribution in [0.15, 0.2) is 24.3 Å². The molecule has 3 rings (SSSR count). The molecule has 23 heavy (non-hydrogen) atoms. The molecule has 2 aliphatic carbocycles. The minimum Gasteiger partial charge on any atom is -0.297 e. The van der Waals surface area contributed by atoms with Gasteiger partial charge in [-0.2, -0.15) is 5.26 Å². The van der Waals surface area contributed by atoms with Crippen LogP contribution in [0.4, 0.5) is 0 Å². The quantitative estimate of drug-likeness (QED) is 0.832. The van der Waals surface area contributed by atoms with Crippen LogP contribution in [-0.4, -0.2) is 5.54 Å². The van der Waals surface area contributed by atoms with Crippen molar-refractivity contribution in [1.82, 2.24) is 5.32 Å². The number of nitrogens with zero attached hydrogens (tertiary/aromatic N) is 1. The zero-order valence-electron chi connectivity index (χ0n) is 13.9. The molecule has 0 amide bonds. The van der Waals surface area contributed by atoms with Crippen molar-refractivity contribution in [1.29, 1.82) is 5.26 Å². The fourth-order valence-corrected chi connectivity index (χ4v) is 3.86. The van der Waals surface area contributed by atoms with Crippen LogP contribution in [-0.2, 0) is 6.54 Å². The van der Waals surface area contributed by atoms with E-state index in [1.807, 2.05) is 24.3 Å². The van der Waals surface area contributed by atoms with Gasteiger partial charge in [0, 0.05) is 12.5 Å². The number of rotatable bonds is 3. The molecule has 2 aliphatic rings. The summed E-state index contributed by atoms with van der Waals surface area (Å²) in [5.41, 5.74) is 1.82. The number of hydrogen-bond donors (Lipinski definition) is 1. The third kappa shape index (κ3) is 4.15. The molecular formula is C21H26N2. The summed E-state index contributed by atoms with van der Waals surface area (Å²) in [5.74, 6) is 7.83. The van der Waals surface area contributed by atoms with Gasteiger partial charge < -0.3 is 0 Å². The van der Waals surface area contributed by atoms with E-state index in [2.05, 4.69) is 23.2 Å². The van der Waals surface area contributed by atoms with E-state index < -0.39 is 0 Å². The Hall–Kier alpha value is -1.77. The first-order valence-corrected chi connectivity index (χ1v) is 9.07. The largest absolute Gasteiger partial charge is 0.297 e. The number of benzene rings is 1. The lowest BCUT2D eigenvalue weighted by Crippen LogP contribution is -2.45. The summed E-state index contributed by atoms with van der Waals surface area (Å²) in [4.78, 5) is 0. The highest BCUT2D eigenvalue weighted by atomic mass is 15.0. The molecule has 1 aromatic rings. The van der Waals surface area contributed by atoms with Crippen LogP contribution in [0.1, 0.15) is 68.9 Å². The molecule has 0 heterocycles. The van der Waals surface area contributed by atoms with E-state index in [4.69, 9.17) is 0 Å². The molecule has 0 spiro atoms.